The quantitative estimate of drug-likeness (QED) is 0.189. The maximum Gasteiger partial charge on any atom is 0.227 e. The van der Waals surface area contributed by atoms with Gasteiger partial charge in [0, 0.05) is 49.3 Å². The molecule has 27 heavy (non-hydrogen) atoms. The van der Waals surface area contributed by atoms with Crippen LogP contribution in [0.5, 0.6) is 0 Å². The van der Waals surface area contributed by atoms with Gasteiger partial charge in [-0.2, -0.15) is 15.0 Å². The summed E-state index contributed by atoms with van der Waals surface area (Å²) in [7, 11) is 1.92. The maximum absolute atomic E-state index is 10.5. The number of carbonyl (C=O) groups is 1. The summed E-state index contributed by atoms with van der Waals surface area (Å²) in [6.45, 7) is 0. The highest BCUT2D eigenvalue weighted by Crippen LogP contribution is 2.31. The lowest BCUT2D eigenvalue weighted by Crippen LogP contribution is -2.09. The lowest BCUT2D eigenvalue weighted by Gasteiger charge is -2.04. The van der Waals surface area contributed by atoms with Crippen molar-refractivity contribution in [2.75, 3.05) is 5.84 Å². The van der Waals surface area contributed by atoms with Crippen molar-refractivity contribution in [1.82, 2.24) is 24.9 Å². The van der Waals surface area contributed by atoms with Crippen LogP contribution in [-0.2, 0) is 24.7 Å². The molecule has 11 heteroatoms. The molecular weight excluding hydrogens is 366 g/mol. The Labute approximate surface area is 158 Å². The van der Waals surface area contributed by atoms with Gasteiger partial charge in [0.15, 0.2) is 5.65 Å². The smallest absolute Gasteiger partial charge is 0.227 e. The molecule has 0 saturated heterocycles. The van der Waals surface area contributed by atoms with Crippen molar-refractivity contribution in [2.24, 2.45) is 17.9 Å². The molecule has 6 N–H and O–H groups in total. The van der Waals surface area contributed by atoms with Crippen LogP contribution >= 0.6 is 11.3 Å². The van der Waals surface area contributed by atoms with Crippen LogP contribution in [0.3, 0.4) is 0 Å². The Morgan fingerprint density at radius 1 is 1.52 bits per heavy atom. The van der Waals surface area contributed by atoms with Gasteiger partial charge in [0.25, 0.3) is 0 Å². The van der Waals surface area contributed by atoms with Crippen molar-refractivity contribution in [1.29, 1.82) is 5.41 Å². The summed E-state index contributed by atoms with van der Waals surface area (Å²) in [5.74, 6) is 5.63. The first-order chi connectivity index (χ1) is 13.0. The van der Waals surface area contributed by atoms with E-state index in [2.05, 4.69) is 20.6 Å². The number of hydrogen-bond acceptors (Lipinski definition) is 8. The summed E-state index contributed by atoms with van der Waals surface area (Å²) in [6, 6.07) is 1.84. The number of aryl methyl sites for hydroxylation is 1. The largest absolute Gasteiger partial charge is 0.402 e. The molecule has 0 bridgehead atoms. The van der Waals surface area contributed by atoms with Crippen LogP contribution < -0.4 is 17.0 Å². The van der Waals surface area contributed by atoms with Gasteiger partial charge in [-0.1, -0.05) is 0 Å². The topological polar surface area (TPSA) is 153 Å². The second-order valence-corrected chi connectivity index (χ2v) is 6.82. The van der Waals surface area contributed by atoms with Crippen LogP contribution in [0.25, 0.3) is 10.3 Å². The van der Waals surface area contributed by atoms with Crippen molar-refractivity contribution < 1.29 is 4.79 Å². The van der Waals surface area contributed by atoms with Crippen LogP contribution in [0, 0.1) is 5.41 Å². The molecule has 3 heterocycles. The molecule has 0 aromatic carbocycles. The molecule has 0 aliphatic heterocycles. The summed E-state index contributed by atoms with van der Waals surface area (Å²) in [5, 5.41) is 16.1. The Kier molecular flexibility index (Phi) is 5.31. The van der Waals surface area contributed by atoms with Gasteiger partial charge in [0.2, 0.25) is 6.41 Å². The summed E-state index contributed by atoms with van der Waals surface area (Å²) in [4.78, 5) is 16.5. The Hall–Kier alpha value is -3.47. The third kappa shape index (κ3) is 3.87. The number of aromatic nitrogens is 4. The van der Waals surface area contributed by atoms with E-state index in [0.29, 0.717) is 24.9 Å². The van der Waals surface area contributed by atoms with Crippen molar-refractivity contribution >= 4 is 40.5 Å². The van der Waals surface area contributed by atoms with Crippen molar-refractivity contribution in [3.8, 4) is 0 Å². The normalized spacial score (nSPS) is 12.1. The van der Waals surface area contributed by atoms with E-state index in [9.17, 15) is 4.79 Å². The van der Waals surface area contributed by atoms with Gasteiger partial charge >= 0.3 is 0 Å². The molecule has 3 aromatic heterocycles. The number of nitrogen functional groups attached to an aromatic ring is 1. The molecule has 1 amide bonds. The highest BCUT2D eigenvalue weighted by Gasteiger charge is 2.19. The van der Waals surface area contributed by atoms with Crippen LogP contribution in [0.4, 0.5) is 0 Å². The van der Waals surface area contributed by atoms with Gasteiger partial charge in [-0.15, -0.1) is 11.3 Å². The summed E-state index contributed by atoms with van der Waals surface area (Å²) >= 11 is 1.50. The minimum atomic E-state index is 0.463. The highest BCUT2D eigenvalue weighted by atomic mass is 32.1. The minimum Gasteiger partial charge on any atom is -0.402 e. The first-order valence-electron chi connectivity index (χ1n) is 7.97. The van der Waals surface area contributed by atoms with E-state index in [1.807, 2.05) is 17.7 Å². The monoisotopic (exact) mass is 385 g/mol. The number of allylic oxidation sites excluding steroid dienone is 2. The Bertz CT molecular complexity index is 1040. The van der Waals surface area contributed by atoms with Crippen LogP contribution in [-0.4, -0.2) is 38.3 Å². The SMILES string of the molecule is Cn1c(Cc2ccn(N)n2)c(/C=N\NC=O)c2sc(CC(N)=CC=N)nc21. The third-order valence-electron chi connectivity index (χ3n) is 3.92. The van der Waals surface area contributed by atoms with Crippen molar-refractivity contribution in [3.05, 3.63) is 46.0 Å². The third-order valence-corrected chi connectivity index (χ3v) is 5.00. The zero-order valence-corrected chi connectivity index (χ0v) is 15.4. The Morgan fingerprint density at radius 3 is 3.00 bits per heavy atom. The van der Waals surface area contributed by atoms with E-state index >= 15 is 0 Å². The van der Waals surface area contributed by atoms with Gasteiger partial charge in [-0.25, -0.2) is 10.4 Å². The molecule has 140 valence electrons. The number of rotatable bonds is 8. The maximum atomic E-state index is 10.5. The van der Waals surface area contributed by atoms with Crippen molar-refractivity contribution in [3.63, 3.8) is 0 Å². The molecule has 3 rings (SSSR count). The zero-order valence-electron chi connectivity index (χ0n) is 14.6. The lowest BCUT2D eigenvalue weighted by atomic mass is 10.1. The number of thiazole rings is 1. The fraction of sp³-hybridized carbons (Fsp3) is 0.188. The molecule has 10 nitrogen and oxygen atoms in total. The molecule has 0 aliphatic carbocycles. The standard InChI is InChI=1S/C16H19N9OS/c1-24-13(7-11-3-5-25(19)23-11)12(8-20-21-9-26)15-16(24)22-14(27-15)6-10(18)2-4-17/h2-5,8-9,17H,6-7,18-19H2,1H3,(H,21,26)/b10-2?,17-4?,20-8-. The Balaban J connectivity index is 2.05. The predicted molar refractivity (Wildman–Crippen MR) is 105 cm³/mol. The van der Waals surface area contributed by atoms with E-state index in [0.717, 1.165) is 38.5 Å². The van der Waals surface area contributed by atoms with Gasteiger partial charge in [0.05, 0.1) is 16.6 Å². The first kappa shape index (κ1) is 18.3. The van der Waals surface area contributed by atoms with Crippen LogP contribution in [0.1, 0.15) is 22.0 Å². The molecule has 0 fully saturated rings. The fourth-order valence-electron chi connectivity index (χ4n) is 2.74. The van der Waals surface area contributed by atoms with Crippen LogP contribution in [0.15, 0.2) is 29.1 Å². The van der Waals surface area contributed by atoms with E-state index in [4.69, 9.17) is 17.0 Å². The average Bonchev–Trinajstić information content (AvgIpc) is 3.28. The number of hydrogen-bond donors (Lipinski definition) is 4. The number of nitrogens with zero attached hydrogens (tertiary/aromatic N) is 5. The molecule has 3 aromatic rings. The van der Waals surface area contributed by atoms with Gasteiger partial charge in [0.1, 0.15) is 5.01 Å². The van der Waals surface area contributed by atoms with E-state index < -0.39 is 0 Å². The molecule has 0 aliphatic rings. The number of fused-ring (bicyclic) bond motifs is 1. The summed E-state index contributed by atoms with van der Waals surface area (Å²) in [6.07, 6.45) is 7.48. The number of carbonyl (C=O) groups excluding carboxylic acids is 1. The molecule has 0 atom stereocenters. The molecule has 0 spiro atoms. The minimum absolute atomic E-state index is 0.463. The van der Waals surface area contributed by atoms with Crippen molar-refractivity contribution in [2.45, 2.75) is 12.8 Å². The summed E-state index contributed by atoms with van der Waals surface area (Å²) in [5.41, 5.74) is 12.2. The number of amides is 1. The van der Waals surface area contributed by atoms with E-state index in [1.54, 1.807) is 12.4 Å². The number of hydrazone groups is 1. The van der Waals surface area contributed by atoms with E-state index in [-0.39, 0.29) is 0 Å². The zero-order chi connectivity index (χ0) is 19.4. The summed E-state index contributed by atoms with van der Waals surface area (Å²) < 4.78 is 2.91. The van der Waals surface area contributed by atoms with Gasteiger partial charge in [-0.05, 0) is 12.1 Å². The van der Waals surface area contributed by atoms with Gasteiger partial charge in [-0.3, -0.25) is 4.79 Å². The Morgan fingerprint density at radius 2 is 2.33 bits per heavy atom. The van der Waals surface area contributed by atoms with E-state index in [1.165, 1.54) is 22.2 Å². The highest BCUT2D eigenvalue weighted by molar-refractivity contribution is 7.19. The predicted octanol–water partition coefficient (Wildman–Crippen LogP) is 0.250. The van der Waals surface area contributed by atoms with Gasteiger partial charge < -0.3 is 21.6 Å². The van der Waals surface area contributed by atoms with Crippen LogP contribution in [0.2, 0.25) is 0 Å². The molecule has 0 unspecified atom stereocenters. The fourth-order valence-corrected chi connectivity index (χ4v) is 3.90. The first-order valence-corrected chi connectivity index (χ1v) is 8.79. The lowest BCUT2D eigenvalue weighted by molar-refractivity contribution is -0.109. The molecular formula is C16H19N9OS. The molecule has 0 saturated carbocycles. The average molecular weight is 385 g/mol. The number of nitrogens with one attached hydrogen (secondary N) is 2. The second-order valence-electron chi connectivity index (χ2n) is 5.73. The second kappa shape index (κ2) is 7.83. The molecule has 0 radical (unpaired) electrons. The number of nitrogens with two attached hydrogens (primary N) is 2.